The number of aliphatic hydroxyl groups excluding tert-OH is 1. The molecule has 1 atom stereocenters. The third-order valence-electron chi connectivity index (χ3n) is 4.41. The Balaban J connectivity index is 1.76. The van der Waals surface area contributed by atoms with Crippen LogP contribution < -0.4 is 0 Å². The minimum Gasteiger partial charge on any atom is -0.392 e. The van der Waals surface area contributed by atoms with E-state index in [9.17, 15) is 9.90 Å². The van der Waals surface area contributed by atoms with Crippen molar-refractivity contribution in [3.8, 4) is 11.1 Å². The van der Waals surface area contributed by atoms with E-state index < -0.39 is 0 Å². The molecule has 1 fully saturated rings. The predicted octanol–water partition coefficient (Wildman–Crippen LogP) is 2.38. The molecule has 1 aliphatic rings. The first kappa shape index (κ1) is 15.6. The van der Waals surface area contributed by atoms with Crippen molar-refractivity contribution in [2.75, 3.05) is 13.1 Å². The number of hydrogen-bond donors (Lipinski definition) is 1. The number of hydrogen-bond acceptors (Lipinski definition) is 4. The molecule has 1 aliphatic heterocycles. The van der Waals surface area contributed by atoms with Gasteiger partial charge in [0.1, 0.15) is 0 Å². The maximum Gasteiger partial charge on any atom is 0.291 e. The van der Waals surface area contributed by atoms with Crippen LogP contribution in [0.3, 0.4) is 0 Å². The molecule has 2 aromatic rings. The molecule has 1 aromatic carbocycles. The van der Waals surface area contributed by atoms with E-state index in [0.717, 1.165) is 11.1 Å². The van der Waals surface area contributed by atoms with Crippen molar-refractivity contribution in [3.63, 3.8) is 0 Å². The minimum atomic E-state index is -0.382. The molecule has 0 saturated carbocycles. The molecular formula is C18H21N3O2. The number of amides is 1. The first-order valence-electron chi connectivity index (χ1n) is 7.82. The van der Waals surface area contributed by atoms with Crippen molar-refractivity contribution in [3.05, 3.63) is 48.5 Å². The van der Waals surface area contributed by atoms with Gasteiger partial charge in [0, 0.05) is 36.5 Å². The zero-order valence-electron chi connectivity index (χ0n) is 13.4. The topological polar surface area (TPSA) is 66.3 Å². The third kappa shape index (κ3) is 3.24. The maximum atomic E-state index is 12.6. The highest BCUT2D eigenvalue weighted by Crippen LogP contribution is 2.29. The first-order chi connectivity index (χ1) is 11.0. The van der Waals surface area contributed by atoms with Crippen LogP contribution in [0.1, 0.15) is 30.9 Å². The Kier molecular flexibility index (Phi) is 4.13. The molecule has 5 nitrogen and oxygen atoms in total. The number of carbonyl (C=O) groups excluding carboxylic acids is 1. The number of piperidine rings is 1. The summed E-state index contributed by atoms with van der Waals surface area (Å²) in [5, 5.41) is 10.0. The third-order valence-corrected chi connectivity index (χ3v) is 4.41. The van der Waals surface area contributed by atoms with Crippen LogP contribution in [0.15, 0.2) is 42.7 Å². The highest BCUT2D eigenvalue weighted by molar-refractivity contribution is 5.90. The van der Waals surface area contributed by atoms with Crippen molar-refractivity contribution in [2.45, 2.75) is 26.4 Å². The van der Waals surface area contributed by atoms with Crippen LogP contribution in [-0.4, -0.2) is 45.1 Å². The minimum absolute atomic E-state index is 0.176. The van der Waals surface area contributed by atoms with E-state index in [0.29, 0.717) is 19.5 Å². The first-order valence-corrected chi connectivity index (χ1v) is 7.82. The molecule has 2 heterocycles. The number of benzene rings is 1. The largest absolute Gasteiger partial charge is 0.392 e. The number of rotatable bonds is 2. The van der Waals surface area contributed by atoms with E-state index >= 15 is 0 Å². The van der Waals surface area contributed by atoms with Crippen molar-refractivity contribution in [1.29, 1.82) is 0 Å². The molecular weight excluding hydrogens is 290 g/mol. The van der Waals surface area contributed by atoms with Gasteiger partial charge >= 0.3 is 0 Å². The SMILES string of the molecule is CC1(C)CN(C(=O)c2ncc(-c3ccccc3)cn2)CCC1O. The predicted molar refractivity (Wildman–Crippen MR) is 87.8 cm³/mol. The van der Waals surface area contributed by atoms with Gasteiger partial charge in [0.15, 0.2) is 0 Å². The molecule has 1 unspecified atom stereocenters. The van der Waals surface area contributed by atoms with Crippen LogP contribution in [0.4, 0.5) is 0 Å². The summed E-state index contributed by atoms with van der Waals surface area (Å²) in [7, 11) is 0. The smallest absolute Gasteiger partial charge is 0.291 e. The Morgan fingerprint density at radius 2 is 1.83 bits per heavy atom. The summed E-state index contributed by atoms with van der Waals surface area (Å²) in [6, 6.07) is 9.82. The van der Waals surface area contributed by atoms with Crippen LogP contribution >= 0.6 is 0 Å². The van der Waals surface area contributed by atoms with E-state index in [-0.39, 0.29) is 23.3 Å². The van der Waals surface area contributed by atoms with Gasteiger partial charge in [-0.05, 0) is 12.0 Å². The molecule has 1 aromatic heterocycles. The second-order valence-corrected chi connectivity index (χ2v) is 6.68. The Morgan fingerprint density at radius 1 is 1.17 bits per heavy atom. The second-order valence-electron chi connectivity index (χ2n) is 6.68. The average molecular weight is 311 g/mol. The fourth-order valence-corrected chi connectivity index (χ4v) is 2.88. The average Bonchev–Trinajstić information content (AvgIpc) is 2.57. The fraction of sp³-hybridized carbons (Fsp3) is 0.389. The Hall–Kier alpha value is -2.27. The molecule has 1 amide bonds. The molecule has 0 spiro atoms. The zero-order valence-corrected chi connectivity index (χ0v) is 13.4. The number of likely N-dealkylation sites (tertiary alicyclic amines) is 1. The van der Waals surface area contributed by atoms with E-state index in [1.54, 1.807) is 17.3 Å². The molecule has 1 saturated heterocycles. The van der Waals surface area contributed by atoms with Gasteiger partial charge in [-0.25, -0.2) is 9.97 Å². The van der Waals surface area contributed by atoms with Gasteiger partial charge in [-0.2, -0.15) is 0 Å². The van der Waals surface area contributed by atoms with Gasteiger partial charge in [-0.1, -0.05) is 44.2 Å². The van der Waals surface area contributed by atoms with Crippen LogP contribution in [0.2, 0.25) is 0 Å². The standard InChI is InChI=1S/C18H21N3O2/c1-18(2)12-21(9-8-15(18)22)17(23)16-19-10-14(11-20-16)13-6-4-3-5-7-13/h3-7,10-11,15,22H,8-9,12H2,1-2H3. The molecule has 3 rings (SSSR count). The molecule has 120 valence electrons. The van der Waals surface area contributed by atoms with Crippen molar-refractivity contribution in [2.24, 2.45) is 5.41 Å². The normalized spacial score (nSPS) is 20.3. The molecule has 23 heavy (non-hydrogen) atoms. The lowest BCUT2D eigenvalue weighted by atomic mass is 9.81. The Bertz CT molecular complexity index is 683. The Morgan fingerprint density at radius 3 is 2.43 bits per heavy atom. The molecule has 0 aliphatic carbocycles. The van der Waals surface area contributed by atoms with E-state index in [4.69, 9.17) is 0 Å². The monoisotopic (exact) mass is 311 g/mol. The Labute approximate surface area is 136 Å². The van der Waals surface area contributed by atoms with E-state index in [1.807, 2.05) is 44.2 Å². The molecule has 0 bridgehead atoms. The van der Waals surface area contributed by atoms with Crippen molar-refractivity contribution >= 4 is 5.91 Å². The fourth-order valence-electron chi connectivity index (χ4n) is 2.88. The number of aromatic nitrogens is 2. The highest BCUT2D eigenvalue weighted by atomic mass is 16.3. The van der Waals surface area contributed by atoms with Gasteiger partial charge in [-0.15, -0.1) is 0 Å². The molecule has 1 N–H and O–H groups in total. The lowest BCUT2D eigenvalue weighted by Crippen LogP contribution is -2.50. The lowest BCUT2D eigenvalue weighted by Gasteiger charge is -2.41. The van der Waals surface area contributed by atoms with E-state index in [2.05, 4.69) is 9.97 Å². The van der Waals surface area contributed by atoms with Crippen molar-refractivity contribution < 1.29 is 9.90 Å². The lowest BCUT2D eigenvalue weighted by molar-refractivity contribution is -0.0186. The summed E-state index contributed by atoms with van der Waals surface area (Å²) in [5.74, 6) is 0.0291. The second kappa shape index (κ2) is 6.08. The van der Waals surface area contributed by atoms with Gasteiger partial charge in [0.25, 0.3) is 5.91 Å². The zero-order chi connectivity index (χ0) is 16.4. The summed E-state index contributed by atoms with van der Waals surface area (Å²) in [6.07, 6.45) is 3.56. The highest BCUT2D eigenvalue weighted by Gasteiger charge is 2.37. The molecule has 0 radical (unpaired) electrons. The summed E-state index contributed by atoms with van der Waals surface area (Å²) in [5.41, 5.74) is 1.60. The maximum absolute atomic E-state index is 12.6. The summed E-state index contributed by atoms with van der Waals surface area (Å²) >= 11 is 0. The van der Waals surface area contributed by atoms with Crippen molar-refractivity contribution in [1.82, 2.24) is 14.9 Å². The van der Waals surface area contributed by atoms with Gasteiger partial charge in [-0.3, -0.25) is 4.79 Å². The molecule has 5 heteroatoms. The van der Waals surface area contributed by atoms with Crippen LogP contribution in [0, 0.1) is 5.41 Å². The number of nitrogens with zero attached hydrogens (tertiary/aromatic N) is 3. The van der Waals surface area contributed by atoms with Crippen LogP contribution in [-0.2, 0) is 0 Å². The summed E-state index contributed by atoms with van der Waals surface area (Å²) < 4.78 is 0. The summed E-state index contributed by atoms with van der Waals surface area (Å²) in [4.78, 5) is 22.8. The van der Waals surface area contributed by atoms with Gasteiger partial charge in [0.05, 0.1) is 6.10 Å². The van der Waals surface area contributed by atoms with Crippen LogP contribution in [0.25, 0.3) is 11.1 Å². The van der Waals surface area contributed by atoms with E-state index in [1.165, 1.54) is 0 Å². The summed E-state index contributed by atoms with van der Waals surface area (Å²) in [6.45, 7) is 4.98. The number of aliphatic hydroxyl groups is 1. The van der Waals surface area contributed by atoms with Gasteiger partial charge in [0.2, 0.25) is 5.82 Å². The van der Waals surface area contributed by atoms with Gasteiger partial charge < -0.3 is 10.0 Å². The quantitative estimate of drug-likeness (QED) is 0.924. The van der Waals surface area contributed by atoms with Crippen LogP contribution in [0.5, 0.6) is 0 Å². The number of carbonyl (C=O) groups is 1.